The van der Waals surface area contributed by atoms with Crippen molar-refractivity contribution < 1.29 is 4.74 Å². The van der Waals surface area contributed by atoms with Crippen LogP contribution >= 0.6 is 0 Å². The zero-order chi connectivity index (χ0) is 10.7. The van der Waals surface area contributed by atoms with Gasteiger partial charge in [-0.2, -0.15) is 0 Å². The third-order valence-corrected chi connectivity index (χ3v) is 2.68. The predicted octanol–water partition coefficient (Wildman–Crippen LogP) is 1.06. The first-order valence-corrected chi connectivity index (χ1v) is 4.93. The highest BCUT2D eigenvalue weighted by molar-refractivity contribution is 5.23. The first-order chi connectivity index (χ1) is 7.35. The lowest BCUT2D eigenvalue weighted by atomic mass is 10.00. The van der Waals surface area contributed by atoms with Gasteiger partial charge in [-0.1, -0.05) is 6.07 Å². The summed E-state index contributed by atoms with van der Waals surface area (Å²) in [5.74, 6) is 0.806. The smallest absolute Gasteiger partial charge is 0.245 e. The lowest BCUT2D eigenvalue weighted by molar-refractivity contribution is 0.395. The predicted molar refractivity (Wildman–Crippen MR) is 56.8 cm³/mol. The van der Waals surface area contributed by atoms with Crippen LogP contribution in [-0.4, -0.2) is 31.2 Å². The topological polar surface area (TPSA) is 38.5 Å². The number of pyridine rings is 1. The number of ether oxygens (including phenoxy) is 1. The first kappa shape index (κ1) is 9.94. The monoisotopic (exact) mass is 203 g/mol. The van der Waals surface area contributed by atoms with E-state index in [-0.39, 0.29) is 12.0 Å². The standard InChI is InChI=1S/C11H13N3O/c1-12-10-7-13-6-8(10)9-4-3-5-11(14-9)15-2/h3-5,8,10,13H,6-7H2,2H3/t8?,10-/m1/s1. The maximum absolute atomic E-state index is 7.10. The molecule has 0 aliphatic carbocycles. The average Bonchev–Trinajstić information content (AvgIpc) is 2.77. The second-order valence-corrected chi connectivity index (χ2v) is 3.57. The molecule has 4 heteroatoms. The van der Waals surface area contributed by atoms with E-state index >= 15 is 0 Å². The van der Waals surface area contributed by atoms with E-state index in [0.29, 0.717) is 5.88 Å². The van der Waals surface area contributed by atoms with Crippen LogP contribution in [0, 0.1) is 6.57 Å². The molecule has 1 saturated heterocycles. The summed E-state index contributed by atoms with van der Waals surface area (Å²) < 4.78 is 5.07. The molecule has 0 saturated carbocycles. The van der Waals surface area contributed by atoms with Gasteiger partial charge < -0.3 is 14.9 Å². The molecule has 0 bridgehead atoms. The summed E-state index contributed by atoms with van der Waals surface area (Å²) in [4.78, 5) is 7.97. The maximum Gasteiger partial charge on any atom is 0.245 e. The van der Waals surface area contributed by atoms with Crippen molar-refractivity contribution in [3.05, 3.63) is 35.3 Å². The van der Waals surface area contributed by atoms with Gasteiger partial charge in [0.15, 0.2) is 0 Å². The van der Waals surface area contributed by atoms with Crippen LogP contribution in [0.4, 0.5) is 0 Å². The molecule has 0 aromatic carbocycles. The van der Waals surface area contributed by atoms with Gasteiger partial charge in [-0.15, -0.1) is 0 Å². The number of nitrogens with one attached hydrogen (secondary N) is 1. The summed E-state index contributed by atoms with van der Waals surface area (Å²) in [6.45, 7) is 8.69. The van der Waals surface area contributed by atoms with Crippen LogP contribution in [0.5, 0.6) is 5.88 Å². The Morgan fingerprint density at radius 1 is 1.53 bits per heavy atom. The normalized spacial score (nSPS) is 24.8. The number of hydrogen-bond acceptors (Lipinski definition) is 3. The maximum atomic E-state index is 7.10. The lowest BCUT2D eigenvalue weighted by Crippen LogP contribution is -2.13. The van der Waals surface area contributed by atoms with Crippen molar-refractivity contribution >= 4 is 0 Å². The molecule has 1 aromatic rings. The minimum absolute atomic E-state index is 0.00426. The Kier molecular flexibility index (Phi) is 2.84. The van der Waals surface area contributed by atoms with Crippen LogP contribution in [0.2, 0.25) is 0 Å². The van der Waals surface area contributed by atoms with E-state index in [4.69, 9.17) is 11.3 Å². The second kappa shape index (κ2) is 4.28. The molecule has 1 N–H and O–H groups in total. The molecule has 0 amide bonds. The molecule has 4 nitrogen and oxygen atoms in total. The van der Waals surface area contributed by atoms with Gasteiger partial charge >= 0.3 is 0 Å². The van der Waals surface area contributed by atoms with Crippen LogP contribution in [0.25, 0.3) is 4.85 Å². The third kappa shape index (κ3) is 1.92. The fourth-order valence-corrected chi connectivity index (χ4v) is 1.85. The van der Waals surface area contributed by atoms with Crippen molar-refractivity contribution in [3.8, 4) is 5.88 Å². The lowest BCUT2D eigenvalue weighted by Gasteiger charge is -2.09. The number of hydrogen-bond donors (Lipinski definition) is 1. The van der Waals surface area contributed by atoms with Crippen LogP contribution in [0.1, 0.15) is 11.6 Å². The van der Waals surface area contributed by atoms with Gasteiger partial charge in [0.05, 0.1) is 25.3 Å². The fraction of sp³-hybridized carbons (Fsp3) is 0.455. The van der Waals surface area contributed by atoms with Crippen molar-refractivity contribution in [3.63, 3.8) is 0 Å². The first-order valence-electron chi connectivity index (χ1n) is 4.93. The van der Waals surface area contributed by atoms with E-state index in [1.807, 2.05) is 18.2 Å². The molecular formula is C11H13N3O. The SMILES string of the molecule is [C-]#[N+][C@@H]1CNCC1c1cccc(OC)n1. The van der Waals surface area contributed by atoms with Crippen molar-refractivity contribution in [1.29, 1.82) is 0 Å². The Hall–Kier alpha value is -1.60. The van der Waals surface area contributed by atoms with Crippen molar-refractivity contribution in [2.75, 3.05) is 20.2 Å². The molecule has 2 heterocycles. The Morgan fingerprint density at radius 2 is 2.40 bits per heavy atom. The zero-order valence-corrected chi connectivity index (χ0v) is 8.60. The quantitative estimate of drug-likeness (QED) is 0.730. The van der Waals surface area contributed by atoms with Crippen LogP contribution in [0.3, 0.4) is 0 Å². The minimum atomic E-state index is 0.00426. The van der Waals surface area contributed by atoms with Gasteiger partial charge in [0, 0.05) is 12.6 Å². The molecule has 1 aliphatic rings. The molecule has 0 spiro atoms. The number of aromatic nitrogens is 1. The molecular weight excluding hydrogens is 190 g/mol. The Morgan fingerprint density at radius 3 is 3.13 bits per heavy atom. The highest BCUT2D eigenvalue weighted by Gasteiger charge is 2.34. The van der Waals surface area contributed by atoms with Crippen LogP contribution < -0.4 is 10.1 Å². The van der Waals surface area contributed by atoms with Crippen molar-refractivity contribution in [1.82, 2.24) is 10.3 Å². The highest BCUT2D eigenvalue weighted by atomic mass is 16.5. The van der Waals surface area contributed by atoms with Gasteiger partial charge in [-0.05, 0) is 6.07 Å². The molecule has 2 rings (SSSR count). The van der Waals surface area contributed by atoms with Gasteiger partial charge in [-0.25, -0.2) is 11.6 Å². The summed E-state index contributed by atoms with van der Waals surface area (Å²) in [5.41, 5.74) is 0.945. The van der Waals surface area contributed by atoms with E-state index in [2.05, 4.69) is 15.1 Å². The molecule has 2 atom stereocenters. The average molecular weight is 203 g/mol. The van der Waals surface area contributed by atoms with Gasteiger partial charge in [0.25, 0.3) is 0 Å². The fourth-order valence-electron chi connectivity index (χ4n) is 1.85. The largest absolute Gasteiger partial charge is 0.481 e. The molecule has 1 aromatic heterocycles. The van der Waals surface area contributed by atoms with E-state index in [1.54, 1.807) is 7.11 Å². The number of methoxy groups -OCH3 is 1. The van der Waals surface area contributed by atoms with Crippen LogP contribution in [0.15, 0.2) is 18.2 Å². The van der Waals surface area contributed by atoms with Crippen molar-refractivity contribution in [2.45, 2.75) is 12.0 Å². The molecule has 15 heavy (non-hydrogen) atoms. The Bertz CT molecular complexity index is 386. The molecule has 1 aliphatic heterocycles. The van der Waals surface area contributed by atoms with E-state index in [9.17, 15) is 0 Å². The summed E-state index contributed by atoms with van der Waals surface area (Å²) >= 11 is 0. The van der Waals surface area contributed by atoms with E-state index in [1.165, 1.54) is 0 Å². The van der Waals surface area contributed by atoms with E-state index < -0.39 is 0 Å². The molecule has 1 fully saturated rings. The summed E-state index contributed by atoms with van der Waals surface area (Å²) in [6.07, 6.45) is 0. The van der Waals surface area contributed by atoms with E-state index in [0.717, 1.165) is 18.8 Å². The molecule has 78 valence electrons. The number of nitrogens with zero attached hydrogens (tertiary/aromatic N) is 2. The Labute approximate surface area is 89.1 Å². The third-order valence-electron chi connectivity index (χ3n) is 2.68. The van der Waals surface area contributed by atoms with Crippen LogP contribution in [-0.2, 0) is 0 Å². The number of rotatable bonds is 2. The van der Waals surface area contributed by atoms with Crippen molar-refractivity contribution in [2.24, 2.45) is 0 Å². The summed E-state index contributed by atoms with van der Waals surface area (Å²) in [7, 11) is 1.60. The Balaban J connectivity index is 2.25. The second-order valence-electron chi connectivity index (χ2n) is 3.57. The van der Waals surface area contributed by atoms with Gasteiger partial charge in [0.1, 0.15) is 0 Å². The zero-order valence-electron chi connectivity index (χ0n) is 8.60. The minimum Gasteiger partial charge on any atom is -0.481 e. The van der Waals surface area contributed by atoms with Gasteiger partial charge in [-0.3, -0.25) is 0 Å². The highest BCUT2D eigenvalue weighted by Crippen LogP contribution is 2.24. The van der Waals surface area contributed by atoms with Gasteiger partial charge in [0.2, 0.25) is 11.9 Å². The summed E-state index contributed by atoms with van der Waals surface area (Å²) in [5, 5.41) is 3.21. The molecule has 0 radical (unpaired) electrons. The molecule has 1 unspecified atom stereocenters. The summed E-state index contributed by atoms with van der Waals surface area (Å²) in [6, 6.07) is 5.70.